The quantitative estimate of drug-likeness (QED) is 0.774. The summed E-state index contributed by atoms with van der Waals surface area (Å²) < 4.78 is 11.5. The SMILES string of the molecule is C[C@@H]1CN(Cc2ccccc2CNC(=O)[C@H](C)OCC2CC2)C[C@H](C)O1. The molecule has 1 aromatic rings. The molecule has 5 heteroatoms. The van der Waals surface area contributed by atoms with Crippen LogP contribution in [0.1, 0.15) is 44.7 Å². The molecule has 1 saturated carbocycles. The minimum atomic E-state index is -0.385. The minimum absolute atomic E-state index is 0.0333. The van der Waals surface area contributed by atoms with Gasteiger partial charge in [-0.05, 0) is 50.7 Å². The van der Waals surface area contributed by atoms with Gasteiger partial charge in [0.1, 0.15) is 6.10 Å². The van der Waals surface area contributed by atoms with E-state index in [0.29, 0.717) is 19.1 Å². The van der Waals surface area contributed by atoms with Crippen LogP contribution in [0.2, 0.25) is 0 Å². The molecule has 2 aliphatic rings. The van der Waals surface area contributed by atoms with Gasteiger partial charge in [0.15, 0.2) is 0 Å². The summed E-state index contributed by atoms with van der Waals surface area (Å²) >= 11 is 0. The van der Waals surface area contributed by atoms with E-state index in [-0.39, 0.29) is 24.2 Å². The zero-order chi connectivity index (χ0) is 18.5. The van der Waals surface area contributed by atoms with Crippen molar-refractivity contribution in [3.05, 3.63) is 35.4 Å². The number of carbonyl (C=O) groups excluding carboxylic acids is 1. The summed E-state index contributed by atoms with van der Waals surface area (Å²) in [5.74, 6) is 0.637. The van der Waals surface area contributed by atoms with Crippen molar-refractivity contribution in [2.75, 3.05) is 19.7 Å². The molecule has 0 aromatic heterocycles. The Labute approximate surface area is 157 Å². The van der Waals surface area contributed by atoms with Crippen molar-refractivity contribution >= 4 is 5.91 Å². The van der Waals surface area contributed by atoms with E-state index in [1.165, 1.54) is 24.0 Å². The van der Waals surface area contributed by atoms with Gasteiger partial charge in [-0.2, -0.15) is 0 Å². The molecule has 0 unspecified atom stereocenters. The van der Waals surface area contributed by atoms with Crippen molar-refractivity contribution in [3.63, 3.8) is 0 Å². The van der Waals surface area contributed by atoms with Gasteiger partial charge in [-0.3, -0.25) is 9.69 Å². The number of nitrogens with one attached hydrogen (secondary N) is 1. The highest BCUT2D eigenvalue weighted by Crippen LogP contribution is 2.29. The van der Waals surface area contributed by atoms with Crippen LogP contribution in [0.5, 0.6) is 0 Å². The molecule has 1 aliphatic heterocycles. The lowest BCUT2D eigenvalue weighted by Crippen LogP contribution is -2.45. The molecule has 144 valence electrons. The van der Waals surface area contributed by atoms with Crippen LogP contribution in [0.3, 0.4) is 0 Å². The summed E-state index contributed by atoms with van der Waals surface area (Å²) in [4.78, 5) is 14.7. The topological polar surface area (TPSA) is 50.8 Å². The number of ether oxygens (including phenoxy) is 2. The van der Waals surface area contributed by atoms with Gasteiger partial charge >= 0.3 is 0 Å². The number of hydrogen-bond acceptors (Lipinski definition) is 4. The standard InChI is InChI=1S/C21H32N2O3/c1-15-11-23(12-16(2)26-15)13-20-7-5-4-6-19(20)10-22-21(24)17(3)25-14-18-8-9-18/h4-7,15-18H,8-14H2,1-3H3,(H,22,24)/t15-,16+,17-/m0/s1. The normalized spacial score (nSPS) is 25.0. The van der Waals surface area contributed by atoms with Crippen LogP contribution >= 0.6 is 0 Å². The first-order valence-electron chi connectivity index (χ1n) is 9.85. The molecule has 1 N–H and O–H groups in total. The Hall–Kier alpha value is -1.43. The Bertz CT molecular complexity index is 593. The van der Waals surface area contributed by atoms with E-state index >= 15 is 0 Å². The predicted octanol–water partition coefficient (Wildman–Crippen LogP) is 2.73. The monoisotopic (exact) mass is 360 g/mol. The van der Waals surface area contributed by atoms with Crippen LogP contribution in [0.15, 0.2) is 24.3 Å². The maximum absolute atomic E-state index is 12.3. The van der Waals surface area contributed by atoms with Crippen LogP contribution in [0.25, 0.3) is 0 Å². The van der Waals surface area contributed by atoms with Crippen molar-refractivity contribution in [3.8, 4) is 0 Å². The maximum Gasteiger partial charge on any atom is 0.249 e. The molecule has 0 bridgehead atoms. The fourth-order valence-electron chi connectivity index (χ4n) is 3.51. The Balaban J connectivity index is 1.52. The van der Waals surface area contributed by atoms with Gasteiger partial charge in [-0.15, -0.1) is 0 Å². The second-order valence-electron chi connectivity index (χ2n) is 7.86. The number of nitrogens with zero attached hydrogens (tertiary/aromatic N) is 1. The summed E-state index contributed by atoms with van der Waals surface area (Å²) in [6.07, 6.45) is 2.61. The molecule has 1 saturated heterocycles. The molecule has 3 rings (SSSR count). The van der Waals surface area contributed by atoms with Gasteiger partial charge < -0.3 is 14.8 Å². The predicted molar refractivity (Wildman–Crippen MR) is 102 cm³/mol. The second-order valence-corrected chi connectivity index (χ2v) is 7.86. The lowest BCUT2D eigenvalue weighted by Gasteiger charge is -2.35. The van der Waals surface area contributed by atoms with Crippen molar-refractivity contribution in [1.29, 1.82) is 0 Å². The Morgan fingerprint density at radius 2 is 1.88 bits per heavy atom. The number of hydrogen-bond donors (Lipinski definition) is 1. The zero-order valence-electron chi connectivity index (χ0n) is 16.2. The molecule has 1 amide bonds. The summed E-state index contributed by atoms with van der Waals surface area (Å²) in [6.45, 7) is 10.1. The van der Waals surface area contributed by atoms with Gasteiger partial charge in [0.2, 0.25) is 5.91 Å². The van der Waals surface area contributed by atoms with Crippen molar-refractivity contribution in [1.82, 2.24) is 10.2 Å². The van der Waals surface area contributed by atoms with Gasteiger partial charge in [0.25, 0.3) is 0 Å². The van der Waals surface area contributed by atoms with Crippen LogP contribution in [-0.2, 0) is 27.4 Å². The lowest BCUT2D eigenvalue weighted by atomic mass is 10.1. The fourth-order valence-corrected chi connectivity index (χ4v) is 3.51. The smallest absolute Gasteiger partial charge is 0.249 e. The highest BCUT2D eigenvalue weighted by molar-refractivity contribution is 5.80. The van der Waals surface area contributed by atoms with E-state index in [9.17, 15) is 4.79 Å². The number of morpholine rings is 1. The molecule has 2 fully saturated rings. The first-order valence-corrected chi connectivity index (χ1v) is 9.85. The van der Waals surface area contributed by atoms with Gasteiger partial charge in [0, 0.05) is 26.2 Å². The van der Waals surface area contributed by atoms with Gasteiger partial charge in [0.05, 0.1) is 18.8 Å². The van der Waals surface area contributed by atoms with Crippen LogP contribution in [-0.4, -0.2) is 48.8 Å². The largest absolute Gasteiger partial charge is 0.373 e. The maximum atomic E-state index is 12.3. The highest BCUT2D eigenvalue weighted by atomic mass is 16.5. The van der Waals surface area contributed by atoms with Crippen molar-refractivity contribution < 1.29 is 14.3 Å². The van der Waals surface area contributed by atoms with Crippen LogP contribution < -0.4 is 5.32 Å². The molecule has 5 nitrogen and oxygen atoms in total. The molecule has 0 radical (unpaired) electrons. The average Bonchev–Trinajstić information content (AvgIpc) is 3.42. The second kappa shape index (κ2) is 8.98. The van der Waals surface area contributed by atoms with E-state index in [2.05, 4.69) is 42.3 Å². The molecule has 1 aliphatic carbocycles. The Morgan fingerprint density at radius 1 is 1.23 bits per heavy atom. The van der Waals surface area contributed by atoms with E-state index in [0.717, 1.165) is 19.6 Å². The molecule has 0 spiro atoms. The molecular weight excluding hydrogens is 328 g/mol. The Morgan fingerprint density at radius 3 is 2.54 bits per heavy atom. The number of carbonyl (C=O) groups is 1. The first kappa shape index (κ1) is 19.3. The summed E-state index contributed by atoms with van der Waals surface area (Å²) in [5, 5.41) is 3.03. The van der Waals surface area contributed by atoms with E-state index < -0.39 is 0 Å². The lowest BCUT2D eigenvalue weighted by molar-refractivity contribution is -0.132. The van der Waals surface area contributed by atoms with E-state index in [4.69, 9.17) is 9.47 Å². The number of benzene rings is 1. The van der Waals surface area contributed by atoms with Crippen LogP contribution in [0.4, 0.5) is 0 Å². The molecular formula is C21H32N2O3. The molecule has 1 aromatic carbocycles. The number of amides is 1. The van der Waals surface area contributed by atoms with Crippen molar-refractivity contribution in [2.45, 2.75) is 65.0 Å². The fraction of sp³-hybridized carbons (Fsp3) is 0.667. The Kier molecular flexibility index (Phi) is 6.68. The van der Waals surface area contributed by atoms with E-state index in [1.54, 1.807) is 0 Å². The summed E-state index contributed by atoms with van der Waals surface area (Å²) in [6, 6.07) is 8.34. The summed E-state index contributed by atoms with van der Waals surface area (Å²) in [7, 11) is 0. The third-order valence-corrected chi connectivity index (χ3v) is 5.11. The first-order chi connectivity index (χ1) is 12.5. The highest BCUT2D eigenvalue weighted by Gasteiger charge is 2.24. The molecule has 26 heavy (non-hydrogen) atoms. The van der Waals surface area contributed by atoms with Gasteiger partial charge in [-0.25, -0.2) is 0 Å². The average molecular weight is 360 g/mol. The molecule has 3 atom stereocenters. The van der Waals surface area contributed by atoms with E-state index in [1.807, 2.05) is 13.0 Å². The minimum Gasteiger partial charge on any atom is -0.373 e. The third kappa shape index (κ3) is 5.79. The molecule has 1 heterocycles. The van der Waals surface area contributed by atoms with Crippen molar-refractivity contribution in [2.24, 2.45) is 5.92 Å². The van der Waals surface area contributed by atoms with Crippen LogP contribution in [0, 0.1) is 5.92 Å². The summed E-state index contributed by atoms with van der Waals surface area (Å²) in [5.41, 5.74) is 2.43. The number of rotatable bonds is 8. The zero-order valence-corrected chi connectivity index (χ0v) is 16.2. The van der Waals surface area contributed by atoms with Gasteiger partial charge in [-0.1, -0.05) is 24.3 Å². The third-order valence-electron chi connectivity index (χ3n) is 5.11.